The third kappa shape index (κ3) is 5.31. The van der Waals surface area contributed by atoms with Crippen LogP contribution in [-0.2, 0) is 21.3 Å². The first-order valence-corrected chi connectivity index (χ1v) is 10.7. The Kier molecular flexibility index (Phi) is 7.66. The highest BCUT2D eigenvalue weighted by Gasteiger charge is 2.20. The Balaban J connectivity index is 1.94. The van der Waals surface area contributed by atoms with Gasteiger partial charge in [0.25, 0.3) is 5.56 Å². The molecule has 2 aromatic carbocycles. The number of esters is 1. The molecule has 9 heteroatoms. The van der Waals surface area contributed by atoms with E-state index in [1.54, 1.807) is 55.6 Å². The molecule has 1 atom stereocenters. The molecule has 0 radical (unpaired) electrons. The summed E-state index contributed by atoms with van der Waals surface area (Å²) in [4.78, 5) is 49.9. The normalized spacial score (nSPS) is 11.7. The summed E-state index contributed by atoms with van der Waals surface area (Å²) in [6, 6.07) is 12.7. The first-order chi connectivity index (χ1) is 15.9. The summed E-state index contributed by atoms with van der Waals surface area (Å²) >= 11 is 0. The van der Waals surface area contributed by atoms with Crippen molar-refractivity contribution in [1.82, 2.24) is 14.5 Å². The lowest BCUT2D eigenvalue weighted by atomic mass is 10.0. The molecule has 0 saturated carbocycles. The topological polar surface area (TPSA) is 109 Å². The minimum Gasteiger partial charge on any atom is -0.469 e. The number of hydrogen-bond acceptors (Lipinski definition) is 6. The molecule has 9 nitrogen and oxygen atoms in total. The number of rotatable bonds is 8. The van der Waals surface area contributed by atoms with Gasteiger partial charge in [0, 0.05) is 7.05 Å². The van der Waals surface area contributed by atoms with E-state index in [-0.39, 0.29) is 13.0 Å². The van der Waals surface area contributed by atoms with E-state index in [0.717, 1.165) is 17.4 Å². The molecule has 1 amide bonds. The van der Waals surface area contributed by atoms with Gasteiger partial charge in [0.1, 0.15) is 0 Å². The number of para-hydroxylation sites is 1. The van der Waals surface area contributed by atoms with Gasteiger partial charge in [0.15, 0.2) is 0 Å². The molecule has 0 bridgehead atoms. The zero-order valence-electron chi connectivity index (χ0n) is 18.9. The van der Waals surface area contributed by atoms with Crippen molar-refractivity contribution in [3.63, 3.8) is 0 Å². The van der Waals surface area contributed by atoms with Crippen LogP contribution in [0.1, 0.15) is 37.8 Å². The molecule has 3 aromatic rings. The number of nitrogens with zero attached hydrogens (tertiary/aromatic N) is 2. The van der Waals surface area contributed by atoms with Crippen LogP contribution in [0, 0.1) is 0 Å². The van der Waals surface area contributed by atoms with Crippen molar-refractivity contribution in [3.8, 4) is 5.69 Å². The molecule has 0 spiro atoms. The number of alkyl carbamates (subject to hydrolysis) is 1. The summed E-state index contributed by atoms with van der Waals surface area (Å²) in [5.74, 6) is -0.502. The molecular formula is C24H27N3O6. The van der Waals surface area contributed by atoms with Gasteiger partial charge < -0.3 is 14.8 Å². The Labute approximate surface area is 190 Å². The minimum atomic E-state index is -0.697. The quantitative estimate of drug-likeness (QED) is 0.415. The van der Waals surface area contributed by atoms with E-state index in [2.05, 4.69) is 5.32 Å². The minimum absolute atomic E-state index is 0.101. The van der Waals surface area contributed by atoms with Gasteiger partial charge in [-0.25, -0.2) is 14.2 Å². The van der Waals surface area contributed by atoms with Crippen molar-refractivity contribution in [2.24, 2.45) is 7.05 Å². The number of carbonyl (C=O) groups is 2. The fourth-order valence-electron chi connectivity index (χ4n) is 3.49. The van der Waals surface area contributed by atoms with Crippen LogP contribution in [-0.4, -0.2) is 34.9 Å². The first-order valence-electron chi connectivity index (χ1n) is 10.7. The standard InChI is InChI=1S/C24H27N3O6/c1-4-5-14-33-23(30)25-19(15-21(28)32-3)16-10-12-17(13-11-16)27-22(29)18-8-6-7-9-20(18)26(2)24(27)31/h6-13,19H,4-5,14-15H2,1-3H3,(H,25,30). The zero-order chi connectivity index (χ0) is 24.0. The number of amides is 1. The van der Waals surface area contributed by atoms with E-state index in [1.165, 1.54) is 11.7 Å². The number of carbonyl (C=O) groups excluding carboxylic acids is 2. The molecule has 0 fully saturated rings. The van der Waals surface area contributed by atoms with Crippen LogP contribution in [0.25, 0.3) is 16.6 Å². The van der Waals surface area contributed by atoms with Crippen LogP contribution in [0.4, 0.5) is 4.79 Å². The second-order valence-electron chi connectivity index (χ2n) is 7.56. The average Bonchev–Trinajstić information content (AvgIpc) is 2.83. The highest BCUT2D eigenvalue weighted by Crippen LogP contribution is 2.20. The number of aryl methyl sites for hydroxylation is 1. The fraction of sp³-hybridized carbons (Fsp3) is 0.333. The lowest BCUT2D eigenvalue weighted by Crippen LogP contribution is -2.37. The van der Waals surface area contributed by atoms with Gasteiger partial charge in [-0.15, -0.1) is 0 Å². The van der Waals surface area contributed by atoms with Crippen LogP contribution in [0.15, 0.2) is 58.1 Å². The second kappa shape index (κ2) is 10.6. The molecule has 1 heterocycles. The van der Waals surface area contributed by atoms with Gasteiger partial charge in [0.05, 0.1) is 42.8 Å². The smallest absolute Gasteiger partial charge is 0.407 e. The van der Waals surface area contributed by atoms with E-state index in [4.69, 9.17) is 9.47 Å². The number of aromatic nitrogens is 2. The molecule has 1 aromatic heterocycles. The van der Waals surface area contributed by atoms with E-state index in [0.29, 0.717) is 22.2 Å². The van der Waals surface area contributed by atoms with Crippen molar-refractivity contribution in [3.05, 3.63) is 74.9 Å². The van der Waals surface area contributed by atoms with Crippen LogP contribution >= 0.6 is 0 Å². The van der Waals surface area contributed by atoms with Crippen molar-refractivity contribution < 1.29 is 19.1 Å². The van der Waals surface area contributed by atoms with Crippen LogP contribution in [0.5, 0.6) is 0 Å². The monoisotopic (exact) mass is 453 g/mol. The van der Waals surface area contributed by atoms with Crippen LogP contribution < -0.4 is 16.6 Å². The predicted molar refractivity (Wildman–Crippen MR) is 124 cm³/mol. The molecule has 33 heavy (non-hydrogen) atoms. The Morgan fingerprint density at radius 1 is 1.06 bits per heavy atom. The molecule has 0 saturated heterocycles. The maximum Gasteiger partial charge on any atom is 0.407 e. The third-order valence-corrected chi connectivity index (χ3v) is 5.35. The molecule has 0 aliphatic heterocycles. The van der Waals surface area contributed by atoms with Gasteiger partial charge in [-0.1, -0.05) is 37.6 Å². The predicted octanol–water partition coefficient (Wildman–Crippen LogP) is 2.82. The van der Waals surface area contributed by atoms with E-state index in [1.807, 2.05) is 6.92 Å². The summed E-state index contributed by atoms with van der Waals surface area (Å²) in [5, 5.41) is 3.10. The Morgan fingerprint density at radius 3 is 2.42 bits per heavy atom. The van der Waals surface area contributed by atoms with Gasteiger partial charge in [0.2, 0.25) is 0 Å². The van der Waals surface area contributed by atoms with Crippen LogP contribution in [0.2, 0.25) is 0 Å². The summed E-state index contributed by atoms with van der Waals surface area (Å²) in [5.41, 5.74) is 0.615. The Morgan fingerprint density at radius 2 is 1.76 bits per heavy atom. The lowest BCUT2D eigenvalue weighted by molar-refractivity contribution is -0.141. The summed E-state index contributed by atoms with van der Waals surface area (Å²) in [6.45, 7) is 2.26. The zero-order valence-corrected chi connectivity index (χ0v) is 18.9. The lowest BCUT2D eigenvalue weighted by Gasteiger charge is -2.19. The molecule has 1 N–H and O–H groups in total. The number of methoxy groups -OCH3 is 1. The highest BCUT2D eigenvalue weighted by molar-refractivity contribution is 5.78. The highest BCUT2D eigenvalue weighted by atomic mass is 16.5. The second-order valence-corrected chi connectivity index (χ2v) is 7.56. The van der Waals surface area contributed by atoms with E-state index in [9.17, 15) is 19.2 Å². The Hall–Kier alpha value is -3.88. The summed E-state index contributed by atoms with van der Waals surface area (Å²) < 4.78 is 12.4. The van der Waals surface area contributed by atoms with Gasteiger partial charge in [-0.05, 0) is 36.2 Å². The first kappa shape index (κ1) is 23.8. The summed E-state index contributed by atoms with van der Waals surface area (Å²) in [6.07, 6.45) is 0.880. The fourth-order valence-corrected chi connectivity index (χ4v) is 3.49. The van der Waals surface area contributed by atoms with E-state index < -0.39 is 29.4 Å². The van der Waals surface area contributed by atoms with E-state index >= 15 is 0 Å². The average molecular weight is 453 g/mol. The maximum atomic E-state index is 13.0. The van der Waals surface area contributed by atoms with Gasteiger partial charge >= 0.3 is 17.8 Å². The maximum absolute atomic E-state index is 13.0. The number of nitrogens with one attached hydrogen (secondary N) is 1. The molecular weight excluding hydrogens is 426 g/mol. The molecule has 174 valence electrons. The summed E-state index contributed by atoms with van der Waals surface area (Å²) in [7, 11) is 2.87. The SMILES string of the molecule is CCCCOC(=O)NC(CC(=O)OC)c1ccc(-n2c(=O)c3ccccc3n(C)c2=O)cc1. The number of fused-ring (bicyclic) bond motifs is 1. The molecule has 3 rings (SSSR count). The van der Waals surface area contributed by atoms with Crippen molar-refractivity contribution in [2.45, 2.75) is 32.2 Å². The van der Waals surface area contributed by atoms with Crippen molar-refractivity contribution in [1.29, 1.82) is 0 Å². The number of benzene rings is 2. The number of hydrogen-bond donors (Lipinski definition) is 1. The molecule has 0 aliphatic carbocycles. The van der Waals surface area contributed by atoms with Crippen LogP contribution in [0.3, 0.4) is 0 Å². The van der Waals surface area contributed by atoms with Gasteiger partial charge in [-0.3, -0.25) is 14.2 Å². The molecule has 1 unspecified atom stereocenters. The van der Waals surface area contributed by atoms with Gasteiger partial charge in [-0.2, -0.15) is 0 Å². The van der Waals surface area contributed by atoms with Crippen molar-refractivity contribution >= 4 is 23.0 Å². The third-order valence-electron chi connectivity index (χ3n) is 5.35. The number of unbranched alkanes of at least 4 members (excludes halogenated alkanes) is 1. The number of ether oxygens (including phenoxy) is 2. The molecule has 0 aliphatic rings. The Bertz CT molecular complexity index is 1260. The van der Waals surface area contributed by atoms with Crippen molar-refractivity contribution in [2.75, 3.05) is 13.7 Å². The largest absolute Gasteiger partial charge is 0.469 e.